The van der Waals surface area contributed by atoms with Gasteiger partial charge in [0.15, 0.2) is 0 Å². The average Bonchev–Trinajstić information content (AvgIpc) is 2.47. The third kappa shape index (κ3) is 4.22. The monoisotopic (exact) mass is 341 g/mol. The maximum atomic E-state index is 12.6. The Morgan fingerprint density at radius 1 is 1.17 bits per heavy atom. The van der Waals surface area contributed by atoms with Crippen molar-refractivity contribution in [1.82, 2.24) is 0 Å². The summed E-state index contributed by atoms with van der Waals surface area (Å²) in [7, 11) is 0. The Morgan fingerprint density at radius 2 is 1.79 bits per heavy atom. The normalized spacial score (nSPS) is 11.1. The van der Waals surface area contributed by atoms with Crippen LogP contribution < -0.4 is 4.74 Å². The van der Waals surface area contributed by atoms with Gasteiger partial charge < -0.3 is 9.84 Å². The van der Waals surface area contributed by atoms with Gasteiger partial charge in [-0.05, 0) is 29.8 Å². The molecule has 24 heavy (non-hydrogen) atoms. The molecule has 0 aliphatic rings. The van der Waals surface area contributed by atoms with Crippen LogP contribution in [0.25, 0.3) is 0 Å². The Bertz CT molecular complexity index is 772. The number of hydrogen-bond donors (Lipinski definition) is 1. The highest BCUT2D eigenvalue weighted by Crippen LogP contribution is 2.37. The molecule has 0 fully saturated rings. The average molecular weight is 341 g/mol. The van der Waals surface area contributed by atoms with E-state index in [2.05, 4.69) is 0 Å². The highest BCUT2D eigenvalue weighted by molar-refractivity contribution is 5.70. The van der Waals surface area contributed by atoms with E-state index in [-0.39, 0.29) is 17.9 Å². The molecule has 0 aromatic heterocycles. The van der Waals surface area contributed by atoms with Crippen LogP contribution in [0.1, 0.15) is 11.1 Å². The molecule has 0 saturated heterocycles. The van der Waals surface area contributed by atoms with Gasteiger partial charge in [0.25, 0.3) is 0 Å². The van der Waals surface area contributed by atoms with Gasteiger partial charge in [-0.3, -0.25) is 14.9 Å². The lowest BCUT2D eigenvalue weighted by Crippen LogP contribution is -2.06. The lowest BCUT2D eigenvalue weighted by atomic mass is 10.1. The maximum absolute atomic E-state index is 12.6. The first-order valence-electron chi connectivity index (χ1n) is 6.51. The SMILES string of the molecule is O=C(O)Cc1ccc(Oc2ccc(C(F)(F)F)cc2[N+](=O)[O-])cc1. The van der Waals surface area contributed by atoms with Crippen LogP contribution in [0.2, 0.25) is 0 Å². The molecule has 0 amide bonds. The molecule has 0 spiro atoms. The smallest absolute Gasteiger partial charge is 0.416 e. The largest absolute Gasteiger partial charge is 0.481 e. The Morgan fingerprint density at radius 3 is 2.29 bits per heavy atom. The zero-order valence-electron chi connectivity index (χ0n) is 11.9. The number of nitro benzene ring substituents is 1. The quantitative estimate of drug-likeness (QED) is 0.655. The highest BCUT2D eigenvalue weighted by atomic mass is 19.4. The van der Waals surface area contributed by atoms with Crippen molar-refractivity contribution in [2.75, 3.05) is 0 Å². The van der Waals surface area contributed by atoms with Gasteiger partial charge in [0, 0.05) is 6.07 Å². The summed E-state index contributed by atoms with van der Waals surface area (Å²) in [5.41, 5.74) is -1.49. The number of nitro groups is 1. The lowest BCUT2D eigenvalue weighted by molar-refractivity contribution is -0.385. The van der Waals surface area contributed by atoms with Gasteiger partial charge in [-0.1, -0.05) is 12.1 Å². The number of halogens is 3. The maximum Gasteiger partial charge on any atom is 0.416 e. The molecule has 2 rings (SSSR count). The zero-order chi connectivity index (χ0) is 17.9. The summed E-state index contributed by atoms with van der Waals surface area (Å²) in [4.78, 5) is 20.6. The van der Waals surface area contributed by atoms with Crippen LogP contribution in [0.15, 0.2) is 42.5 Å². The molecular formula is C15H10F3NO5. The lowest BCUT2D eigenvalue weighted by Gasteiger charge is -2.10. The standard InChI is InChI=1S/C15H10F3NO5/c16-15(17,18)10-3-6-13(12(8-10)19(22)23)24-11-4-1-9(2-5-11)7-14(20)21/h1-6,8H,7H2,(H,20,21). The van der Waals surface area contributed by atoms with Crippen LogP contribution >= 0.6 is 0 Å². The van der Waals surface area contributed by atoms with Crippen LogP contribution in [0.3, 0.4) is 0 Å². The number of ether oxygens (including phenoxy) is 1. The second-order valence-electron chi connectivity index (χ2n) is 4.75. The van der Waals surface area contributed by atoms with E-state index in [0.29, 0.717) is 17.7 Å². The van der Waals surface area contributed by atoms with Gasteiger partial charge in [-0.2, -0.15) is 13.2 Å². The van der Waals surface area contributed by atoms with Gasteiger partial charge >= 0.3 is 17.8 Å². The first kappa shape index (κ1) is 17.3. The predicted molar refractivity (Wildman–Crippen MR) is 76.0 cm³/mol. The molecule has 0 radical (unpaired) electrons. The summed E-state index contributed by atoms with van der Waals surface area (Å²) in [5.74, 6) is -1.24. The minimum Gasteiger partial charge on any atom is -0.481 e. The van der Waals surface area contributed by atoms with E-state index in [1.54, 1.807) is 0 Å². The minimum atomic E-state index is -4.71. The number of hydrogen-bond acceptors (Lipinski definition) is 4. The van der Waals surface area contributed by atoms with E-state index in [1.807, 2.05) is 0 Å². The van der Waals surface area contributed by atoms with Crippen LogP contribution in [-0.2, 0) is 17.4 Å². The van der Waals surface area contributed by atoms with Crippen molar-refractivity contribution in [1.29, 1.82) is 0 Å². The molecule has 0 aliphatic carbocycles. The number of aliphatic carboxylic acids is 1. The zero-order valence-corrected chi connectivity index (χ0v) is 11.9. The van der Waals surface area contributed by atoms with Crippen molar-refractivity contribution in [3.05, 3.63) is 63.7 Å². The fourth-order valence-electron chi connectivity index (χ4n) is 1.90. The number of benzene rings is 2. The molecular weight excluding hydrogens is 331 g/mol. The predicted octanol–water partition coefficient (Wildman–Crippen LogP) is 4.03. The molecule has 0 bridgehead atoms. The van der Waals surface area contributed by atoms with Gasteiger partial charge in [0.1, 0.15) is 5.75 Å². The summed E-state index contributed by atoms with van der Waals surface area (Å²) < 4.78 is 43.1. The van der Waals surface area contributed by atoms with Gasteiger partial charge in [-0.15, -0.1) is 0 Å². The number of carboxylic acids is 1. The first-order chi connectivity index (χ1) is 11.2. The van der Waals surface area contributed by atoms with E-state index in [4.69, 9.17) is 9.84 Å². The fourth-order valence-corrected chi connectivity index (χ4v) is 1.90. The van der Waals surface area contributed by atoms with E-state index < -0.39 is 28.3 Å². The van der Waals surface area contributed by atoms with Crippen molar-refractivity contribution in [3.63, 3.8) is 0 Å². The molecule has 0 aliphatic heterocycles. The second kappa shape index (κ2) is 6.57. The minimum absolute atomic E-state index is 0.131. The molecule has 9 heteroatoms. The summed E-state index contributed by atoms with van der Waals surface area (Å²) in [6.45, 7) is 0. The molecule has 1 N–H and O–H groups in total. The molecule has 2 aromatic carbocycles. The number of rotatable bonds is 5. The summed E-state index contributed by atoms with van der Waals surface area (Å²) in [6, 6.07) is 7.58. The molecule has 0 saturated carbocycles. The van der Waals surface area contributed by atoms with Crippen LogP contribution in [0, 0.1) is 10.1 Å². The fraction of sp³-hybridized carbons (Fsp3) is 0.133. The Labute approximate surface area is 133 Å². The van der Waals surface area contributed by atoms with Crippen molar-refractivity contribution < 1.29 is 32.7 Å². The summed E-state index contributed by atoms with van der Waals surface area (Å²) in [5, 5.41) is 19.6. The Balaban J connectivity index is 2.29. The number of nitrogens with zero attached hydrogens (tertiary/aromatic N) is 1. The van der Waals surface area contributed by atoms with E-state index in [0.717, 1.165) is 6.07 Å². The van der Waals surface area contributed by atoms with Crippen molar-refractivity contribution in [3.8, 4) is 11.5 Å². The highest BCUT2D eigenvalue weighted by Gasteiger charge is 2.33. The number of alkyl halides is 3. The molecule has 6 nitrogen and oxygen atoms in total. The van der Waals surface area contributed by atoms with E-state index in [9.17, 15) is 28.1 Å². The van der Waals surface area contributed by atoms with E-state index >= 15 is 0 Å². The summed E-state index contributed by atoms with van der Waals surface area (Å²) >= 11 is 0. The topological polar surface area (TPSA) is 89.7 Å². The first-order valence-corrected chi connectivity index (χ1v) is 6.51. The Kier molecular flexibility index (Phi) is 4.72. The second-order valence-corrected chi connectivity index (χ2v) is 4.75. The van der Waals surface area contributed by atoms with Crippen LogP contribution in [0.4, 0.5) is 18.9 Å². The number of carbonyl (C=O) groups is 1. The Hall–Kier alpha value is -3.10. The summed E-state index contributed by atoms with van der Waals surface area (Å²) in [6.07, 6.45) is -4.91. The van der Waals surface area contributed by atoms with Crippen molar-refractivity contribution in [2.45, 2.75) is 12.6 Å². The molecule has 126 valence electrons. The van der Waals surface area contributed by atoms with Crippen molar-refractivity contribution >= 4 is 11.7 Å². The molecule has 0 heterocycles. The molecule has 2 aromatic rings. The van der Waals surface area contributed by atoms with Gasteiger partial charge in [0.05, 0.1) is 16.9 Å². The van der Waals surface area contributed by atoms with Gasteiger partial charge in [0.2, 0.25) is 5.75 Å². The van der Waals surface area contributed by atoms with Crippen molar-refractivity contribution in [2.24, 2.45) is 0 Å². The molecule has 0 unspecified atom stereocenters. The number of carboxylic acid groups (broad SMARTS) is 1. The van der Waals surface area contributed by atoms with Crippen LogP contribution in [0.5, 0.6) is 11.5 Å². The third-order valence-corrected chi connectivity index (χ3v) is 2.99. The van der Waals surface area contributed by atoms with Crippen LogP contribution in [-0.4, -0.2) is 16.0 Å². The molecule has 0 atom stereocenters. The van der Waals surface area contributed by atoms with Gasteiger partial charge in [-0.25, -0.2) is 0 Å². The van der Waals surface area contributed by atoms with E-state index in [1.165, 1.54) is 24.3 Å². The third-order valence-electron chi connectivity index (χ3n) is 2.99.